The lowest BCUT2D eigenvalue weighted by molar-refractivity contribution is 0.111. The second-order valence-corrected chi connectivity index (χ2v) is 23.3. The minimum Gasteiger partial charge on any atom is -0.457 e. The van der Waals surface area contributed by atoms with Gasteiger partial charge in [-0.3, -0.25) is 0 Å². The highest BCUT2D eigenvalue weighted by Gasteiger charge is 2.46. The monoisotopic (exact) mass is 980 g/mol. The van der Waals surface area contributed by atoms with Gasteiger partial charge < -0.3 is 37.0 Å². The lowest BCUT2D eigenvalue weighted by Crippen LogP contribution is -2.25. The highest BCUT2D eigenvalue weighted by atomic mass is 31.2. The first-order chi connectivity index (χ1) is 33.9. The fraction of sp³-hybridized carbons (Fsp3) is 0.379. The van der Waals surface area contributed by atoms with Crippen LogP contribution in [0, 0.1) is 27.7 Å². The minimum absolute atomic E-state index is 0.129. The summed E-state index contributed by atoms with van der Waals surface area (Å²) in [5.41, 5.74) is 10.7. The molecule has 0 saturated heterocycles. The van der Waals surface area contributed by atoms with E-state index in [2.05, 4.69) is 52.0 Å². The molecule has 6 aromatic carbocycles. The molecule has 0 saturated carbocycles. The van der Waals surface area contributed by atoms with E-state index in [9.17, 15) is 0 Å². The van der Waals surface area contributed by atoms with E-state index < -0.39 is 15.2 Å². The van der Waals surface area contributed by atoms with Gasteiger partial charge in [0.15, 0.2) is 0 Å². The maximum Gasteiger partial charge on any atom is 0.462 e. The predicted molar refractivity (Wildman–Crippen MR) is 274 cm³/mol. The smallest absolute Gasteiger partial charge is 0.457 e. The zero-order chi connectivity index (χ0) is 48.6. The maximum atomic E-state index is 16.0. The molecule has 364 valence electrons. The standard InChI is InChI=1S/C58H62O10P2/c1-9-19-39-43-27-47-41(21-11-3)49-29-45-40(20-10-2)46-30-50-42(22-12-4)48-28-44(39)52-34(6)56(48)66-70(60,38-25-17-14-18-26-38)68-58(50)36(8)54(46)64-32-63-53(45)35(7)57(49)67-69(59,37-23-15-13-16-24-37)65-55(47)33(5)51(43)61-31-62-52/h13-18,23-30,39-42H,9-12,19-22,31-32H2,1-8H3. The van der Waals surface area contributed by atoms with Crippen LogP contribution in [-0.4, -0.2) is 13.6 Å². The van der Waals surface area contributed by atoms with E-state index in [-0.39, 0.29) is 37.3 Å². The van der Waals surface area contributed by atoms with E-state index in [4.69, 9.17) is 37.0 Å². The van der Waals surface area contributed by atoms with Crippen molar-refractivity contribution in [3.05, 3.63) is 152 Å². The SMILES string of the molecule is CCCC1c2cc3c4c(C)c2OCOc2c1cc1c(c2C)OP(=O)(c2ccccc2)Oc2c(cc5c(c2C)OCOc2c(cc(c(c2C)OP(=O)(c2ccccc2)O4)C3CCC)C5CCC)C1CCC. The van der Waals surface area contributed by atoms with E-state index in [1.54, 1.807) is 0 Å². The second kappa shape index (κ2) is 18.1. The molecule has 0 aromatic heterocycles. The Morgan fingerprint density at radius 1 is 0.371 bits per heavy atom. The summed E-state index contributed by atoms with van der Waals surface area (Å²) in [6.45, 7) is 16.6. The van der Waals surface area contributed by atoms with Gasteiger partial charge in [0.25, 0.3) is 0 Å². The Balaban J connectivity index is 1.34. The van der Waals surface area contributed by atoms with E-state index in [0.717, 1.165) is 118 Å². The molecule has 8 bridgehead atoms. The largest absolute Gasteiger partial charge is 0.462 e. The molecule has 0 fully saturated rings. The first-order valence-corrected chi connectivity index (χ1v) is 28.3. The second-order valence-electron chi connectivity index (χ2n) is 19.6. The van der Waals surface area contributed by atoms with Gasteiger partial charge in [-0.05, 0) is 102 Å². The van der Waals surface area contributed by atoms with Crippen LogP contribution in [-0.2, 0) is 9.13 Å². The summed E-state index contributed by atoms with van der Waals surface area (Å²) in [7, 11) is -8.33. The predicted octanol–water partition coefficient (Wildman–Crippen LogP) is 15.0. The minimum atomic E-state index is -4.17. The number of rotatable bonds is 10. The number of ether oxygens (including phenoxy) is 4. The van der Waals surface area contributed by atoms with Crippen molar-refractivity contribution < 1.29 is 46.2 Å². The summed E-state index contributed by atoms with van der Waals surface area (Å²) in [6.07, 6.45) is 6.45. The molecule has 4 aliphatic heterocycles. The summed E-state index contributed by atoms with van der Waals surface area (Å²) in [6, 6.07) is 27.6. The van der Waals surface area contributed by atoms with Gasteiger partial charge in [-0.15, -0.1) is 0 Å². The van der Waals surface area contributed by atoms with Crippen LogP contribution < -0.4 is 47.7 Å². The molecule has 5 aliphatic rings. The Morgan fingerprint density at radius 2 is 0.600 bits per heavy atom. The Bertz CT molecular complexity index is 2790. The third-order valence-electron chi connectivity index (χ3n) is 15.2. The summed E-state index contributed by atoms with van der Waals surface area (Å²) in [4.78, 5) is 0. The molecule has 70 heavy (non-hydrogen) atoms. The van der Waals surface area contributed by atoms with Crippen LogP contribution in [0.15, 0.2) is 84.9 Å². The summed E-state index contributed by atoms with van der Waals surface area (Å²) < 4.78 is 87.2. The summed E-state index contributed by atoms with van der Waals surface area (Å²) >= 11 is 0. The first-order valence-electron chi connectivity index (χ1n) is 25.2. The topological polar surface area (TPSA) is 108 Å². The molecule has 4 heterocycles. The van der Waals surface area contributed by atoms with Gasteiger partial charge in [0.05, 0.1) is 10.6 Å². The van der Waals surface area contributed by atoms with Gasteiger partial charge in [-0.2, -0.15) is 0 Å². The highest BCUT2D eigenvalue weighted by Crippen LogP contribution is 2.64. The molecule has 0 N–H and O–H groups in total. The maximum absolute atomic E-state index is 16.0. The van der Waals surface area contributed by atoms with Crippen molar-refractivity contribution in [2.45, 2.75) is 130 Å². The molecule has 0 atom stereocenters. The molecule has 1 aliphatic carbocycles. The molecule has 10 nitrogen and oxygen atoms in total. The van der Waals surface area contributed by atoms with Crippen molar-refractivity contribution in [2.75, 3.05) is 13.6 Å². The van der Waals surface area contributed by atoms with Crippen molar-refractivity contribution in [1.29, 1.82) is 0 Å². The number of hydrogen-bond acceptors (Lipinski definition) is 10. The molecule has 0 amide bonds. The Hall–Kier alpha value is -5.82. The van der Waals surface area contributed by atoms with Crippen molar-refractivity contribution >= 4 is 25.8 Å². The summed E-state index contributed by atoms with van der Waals surface area (Å²) in [5, 5.41) is 0.873. The molecule has 6 aromatic rings. The zero-order valence-corrected chi connectivity index (χ0v) is 43.2. The highest BCUT2D eigenvalue weighted by molar-refractivity contribution is 7.63. The van der Waals surface area contributed by atoms with Crippen LogP contribution in [0.25, 0.3) is 0 Å². The Kier molecular flexibility index (Phi) is 12.0. The van der Waals surface area contributed by atoms with Crippen molar-refractivity contribution in [3.63, 3.8) is 0 Å². The Morgan fingerprint density at radius 3 is 0.829 bits per heavy atom. The quantitative estimate of drug-likeness (QED) is 0.123. The van der Waals surface area contributed by atoms with Crippen molar-refractivity contribution in [2.24, 2.45) is 0 Å². The van der Waals surface area contributed by atoms with Crippen LogP contribution in [0.4, 0.5) is 0 Å². The molecule has 11 rings (SSSR count). The van der Waals surface area contributed by atoms with Crippen LogP contribution in [0.5, 0.6) is 46.0 Å². The van der Waals surface area contributed by atoms with Crippen LogP contribution in [0.3, 0.4) is 0 Å². The molecule has 12 heteroatoms. The van der Waals surface area contributed by atoms with E-state index in [0.29, 0.717) is 56.6 Å². The lowest BCUT2D eigenvalue weighted by Gasteiger charge is -2.38. The summed E-state index contributed by atoms with van der Waals surface area (Å²) in [5.74, 6) is 3.61. The fourth-order valence-electron chi connectivity index (χ4n) is 12.0. The Labute approximate surface area is 412 Å². The van der Waals surface area contributed by atoms with Crippen molar-refractivity contribution in [1.82, 2.24) is 0 Å². The van der Waals surface area contributed by atoms with Gasteiger partial charge in [0, 0.05) is 90.4 Å². The normalized spacial score (nSPS) is 23.2. The van der Waals surface area contributed by atoms with E-state index in [1.165, 1.54) is 0 Å². The molecular formula is C58H62O10P2. The average molecular weight is 981 g/mol. The van der Waals surface area contributed by atoms with E-state index in [1.807, 2.05) is 88.4 Å². The third-order valence-corrected chi connectivity index (χ3v) is 18.7. The molecule has 0 radical (unpaired) electrons. The number of benzene rings is 6. The number of hydrogen-bond donors (Lipinski definition) is 0. The van der Waals surface area contributed by atoms with Crippen LogP contribution >= 0.6 is 15.2 Å². The average Bonchev–Trinajstić information content (AvgIpc) is 3.34. The fourth-order valence-corrected chi connectivity index (χ4v) is 15.5. The van der Waals surface area contributed by atoms with Crippen LogP contribution in [0.1, 0.15) is 169 Å². The van der Waals surface area contributed by atoms with Gasteiger partial charge >= 0.3 is 15.2 Å². The van der Waals surface area contributed by atoms with Crippen molar-refractivity contribution in [3.8, 4) is 46.0 Å². The third kappa shape index (κ3) is 7.33. The first kappa shape index (κ1) is 46.6. The molecule has 0 spiro atoms. The van der Waals surface area contributed by atoms with E-state index >= 15 is 9.13 Å². The van der Waals surface area contributed by atoms with Gasteiger partial charge in [-0.1, -0.05) is 89.8 Å². The van der Waals surface area contributed by atoms with Gasteiger partial charge in [0.1, 0.15) is 46.0 Å². The molecule has 0 unspecified atom stereocenters. The lowest BCUT2D eigenvalue weighted by atomic mass is 9.75. The zero-order valence-electron chi connectivity index (χ0n) is 41.4. The molecular weight excluding hydrogens is 919 g/mol. The van der Waals surface area contributed by atoms with Crippen LogP contribution in [0.2, 0.25) is 0 Å². The van der Waals surface area contributed by atoms with Gasteiger partial charge in [0.2, 0.25) is 13.6 Å². The van der Waals surface area contributed by atoms with Gasteiger partial charge in [-0.25, -0.2) is 9.13 Å².